The quantitative estimate of drug-likeness (QED) is 0.110. The smallest absolute Gasteiger partial charge is 0.234 e. The van der Waals surface area contributed by atoms with E-state index in [9.17, 15) is 0 Å². The maximum Gasteiger partial charge on any atom is 0.256 e. The van der Waals surface area contributed by atoms with E-state index < -0.39 is 0 Å². The predicted octanol–water partition coefficient (Wildman–Crippen LogP) is 9.82. The molecule has 2 aromatic rings. The normalized spacial score (nSPS) is 11.4. The average Bonchev–Trinajstić information content (AvgIpc) is 3.25. The van der Waals surface area contributed by atoms with Crippen molar-refractivity contribution in [3.05, 3.63) is 54.1 Å². The zero-order chi connectivity index (χ0) is 24.8. The highest BCUT2D eigenvalue weighted by molar-refractivity contribution is 5.13. The van der Waals surface area contributed by atoms with E-state index >= 15 is 0 Å². The van der Waals surface area contributed by atoms with Crippen LogP contribution in [0, 0.1) is 0 Å². The first-order chi connectivity index (χ1) is 17.3. The summed E-state index contributed by atoms with van der Waals surface area (Å²) in [6.45, 7) is 6.79. The molecule has 198 valence electrons. The molecular formula is C33H57N2+. The zero-order valence-corrected chi connectivity index (χ0v) is 23.5. The first-order valence-corrected chi connectivity index (χ1v) is 15.5. The lowest BCUT2D eigenvalue weighted by Gasteiger charge is -2.07. The van der Waals surface area contributed by atoms with Gasteiger partial charge in [0.05, 0.1) is 6.54 Å². The van der Waals surface area contributed by atoms with Crippen LogP contribution in [0.4, 0.5) is 0 Å². The van der Waals surface area contributed by atoms with Gasteiger partial charge in [0.1, 0.15) is 18.9 Å². The molecule has 0 spiro atoms. The molecule has 0 aliphatic rings. The van der Waals surface area contributed by atoms with Crippen molar-refractivity contribution in [3.63, 3.8) is 0 Å². The fourth-order valence-electron chi connectivity index (χ4n) is 5.28. The Morgan fingerprint density at radius 3 is 1.60 bits per heavy atom. The zero-order valence-electron chi connectivity index (χ0n) is 23.5. The molecule has 1 aromatic carbocycles. The van der Waals surface area contributed by atoms with Crippen LogP contribution in [0.1, 0.15) is 147 Å². The Kier molecular flexibility index (Phi) is 17.5. The maximum absolute atomic E-state index is 2.57. The molecule has 0 amide bonds. The fraction of sp³-hybridized carbons (Fsp3) is 0.727. The topological polar surface area (TPSA) is 8.81 Å². The van der Waals surface area contributed by atoms with E-state index in [-0.39, 0.29) is 0 Å². The summed E-state index contributed by atoms with van der Waals surface area (Å²) in [7, 11) is 0. The highest BCUT2D eigenvalue weighted by atomic mass is 15.1. The molecular weight excluding hydrogens is 424 g/mol. The summed E-state index contributed by atoms with van der Waals surface area (Å²) >= 11 is 0. The summed E-state index contributed by atoms with van der Waals surface area (Å²) in [4.78, 5) is 0. The van der Waals surface area contributed by atoms with Gasteiger partial charge in [0.25, 0.3) is 5.82 Å². The number of hydrogen-bond acceptors (Lipinski definition) is 0. The largest absolute Gasteiger partial charge is 0.256 e. The molecule has 0 radical (unpaired) electrons. The molecule has 2 nitrogen and oxygen atoms in total. The third-order valence-corrected chi connectivity index (χ3v) is 7.54. The number of unbranched alkanes of at least 4 members (excludes halogenated alkanes) is 17. The first kappa shape index (κ1) is 29.7. The van der Waals surface area contributed by atoms with Crippen LogP contribution < -0.4 is 4.57 Å². The number of benzene rings is 1. The van der Waals surface area contributed by atoms with Gasteiger partial charge in [-0.1, -0.05) is 147 Å². The van der Waals surface area contributed by atoms with Crippen molar-refractivity contribution < 1.29 is 4.57 Å². The fourth-order valence-corrected chi connectivity index (χ4v) is 5.28. The molecule has 0 saturated carbocycles. The second-order valence-corrected chi connectivity index (χ2v) is 10.8. The van der Waals surface area contributed by atoms with Gasteiger partial charge >= 0.3 is 0 Å². The van der Waals surface area contributed by atoms with Crippen molar-refractivity contribution >= 4 is 0 Å². The lowest BCUT2D eigenvalue weighted by atomic mass is 10.1. The Bertz CT molecular complexity index is 718. The minimum Gasteiger partial charge on any atom is -0.234 e. The second-order valence-electron chi connectivity index (χ2n) is 10.8. The van der Waals surface area contributed by atoms with Crippen LogP contribution in [0.2, 0.25) is 0 Å². The molecule has 0 bridgehead atoms. The highest BCUT2D eigenvalue weighted by Crippen LogP contribution is 2.14. The van der Waals surface area contributed by atoms with Crippen LogP contribution in [-0.4, -0.2) is 4.57 Å². The molecule has 0 aliphatic heterocycles. The van der Waals surface area contributed by atoms with Crippen molar-refractivity contribution in [1.29, 1.82) is 0 Å². The molecule has 1 heterocycles. The summed E-state index contributed by atoms with van der Waals surface area (Å²) in [5, 5.41) is 0. The van der Waals surface area contributed by atoms with E-state index in [0.29, 0.717) is 0 Å². The van der Waals surface area contributed by atoms with Gasteiger partial charge in [-0.2, -0.15) is 0 Å². The minimum absolute atomic E-state index is 0.999. The first-order valence-electron chi connectivity index (χ1n) is 15.5. The summed E-state index contributed by atoms with van der Waals surface area (Å²) in [5.41, 5.74) is 1.41. The van der Waals surface area contributed by atoms with Crippen LogP contribution in [0.25, 0.3) is 0 Å². The lowest BCUT2D eigenvalue weighted by Crippen LogP contribution is -2.37. The Hall–Kier alpha value is -1.57. The number of imidazole rings is 1. The monoisotopic (exact) mass is 481 g/mol. The Balaban J connectivity index is 1.72. The molecule has 0 N–H and O–H groups in total. The SMILES string of the molecule is CCCCCCCCCCCCCc1n(CCCCCCCCCC)cc[n+]1Cc1ccccc1. The van der Waals surface area contributed by atoms with Gasteiger partial charge in [-0.25, -0.2) is 9.13 Å². The summed E-state index contributed by atoms with van der Waals surface area (Å²) in [6.07, 6.45) is 32.6. The van der Waals surface area contributed by atoms with Gasteiger partial charge in [-0.15, -0.1) is 0 Å². The maximum atomic E-state index is 2.57. The van der Waals surface area contributed by atoms with Crippen LogP contribution >= 0.6 is 0 Å². The van der Waals surface area contributed by atoms with Crippen molar-refractivity contribution in [2.45, 2.75) is 155 Å². The molecule has 2 rings (SSSR count). The van der Waals surface area contributed by atoms with Gasteiger partial charge < -0.3 is 0 Å². The van der Waals surface area contributed by atoms with E-state index in [2.05, 4.69) is 65.7 Å². The molecule has 0 unspecified atom stereocenters. The Labute approximate surface area is 218 Å². The molecule has 1 aromatic heterocycles. The third-order valence-electron chi connectivity index (χ3n) is 7.54. The van der Waals surface area contributed by atoms with Crippen LogP contribution in [-0.2, 0) is 19.5 Å². The van der Waals surface area contributed by atoms with Crippen LogP contribution in [0.15, 0.2) is 42.7 Å². The number of hydrogen-bond donors (Lipinski definition) is 0. The molecule has 35 heavy (non-hydrogen) atoms. The molecule has 0 fully saturated rings. The number of aromatic nitrogens is 2. The molecule has 0 saturated heterocycles. The van der Waals surface area contributed by atoms with E-state index in [1.165, 1.54) is 146 Å². The minimum atomic E-state index is 0.999. The third kappa shape index (κ3) is 13.9. The molecule has 0 aliphatic carbocycles. The summed E-state index contributed by atoms with van der Waals surface area (Å²) in [6, 6.07) is 11.0. The summed E-state index contributed by atoms with van der Waals surface area (Å²) < 4.78 is 5.08. The van der Waals surface area contributed by atoms with Crippen molar-refractivity contribution in [2.24, 2.45) is 0 Å². The van der Waals surface area contributed by atoms with Gasteiger partial charge in [0.2, 0.25) is 0 Å². The standard InChI is InChI=1S/C33H57N2/c1-3-5-7-9-11-13-14-15-16-18-23-27-33-34(28-24-19-17-12-10-8-6-4-2)29-30-35(33)31-32-25-21-20-22-26-32/h20-22,25-26,29-30H,3-19,23-24,27-28,31H2,1-2H3/q+1. The Morgan fingerprint density at radius 1 is 0.571 bits per heavy atom. The van der Waals surface area contributed by atoms with Gasteiger partial charge in [0.15, 0.2) is 0 Å². The molecule has 0 atom stereocenters. The van der Waals surface area contributed by atoms with E-state index in [1.807, 2.05) is 0 Å². The number of aryl methyl sites for hydroxylation is 1. The number of rotatable bonds is 23. The van der Waals surface area contributed by atoms with E-state index in [4.69, 9.17) is 0 Å². The van der Waals surface area contributed by atoms with E-state index in [0.717, 1.165) is 6.54 Å². The van der Waals surface area contributed by atoms with Crippen molar-refractivity contribution in [2.75, 3.05) is 0 Å². The van der Waals surface area contributed by atoms with Gasteiger partial charge in [-0.3, -0.25) is 0 Å². The van der Waals surface area contributed by atoms with Crippen molar-refractivity contribution in [1.82, 2.24) is 4.57 Å². The van der Waals surface area contributed by atoms with Crippen LogP contribution in [0.3, 0.4) is 0 Å². The summed E-state index contributed by atoms with van der Waals surface area (Å²) in [5.74, 6) is 1.53. The average molecular weight is 482 g/mol. The van der Waals surface area contributed by atoms with Crippen LogP contribution in [0.5, 0.6) is 0 Å². The van der Waals surface area contributed by atoms with E-state index in [1.54, 1.807) is 0 Å². The second kappa shape index (κ2) is 20.6. The van der Waals surface area contributed by atoms with Gasteiger partial charge in [-0.05, 0) is 24.8 Å². The highest BCUT2D eigenvalue weighted by Gasteiger charge is 2.17. The van der Waals surface area contributed by atoms with Gasteiger partial charge in [0, 0.05) is 6.42 Å². The number of nitrogens with zero attached hydrogens (tertiary/aromatic N) is 2. The predicted molar refractivity (Wildman–Crippen MR) is 153 cm³/mol. The molecule has 2 heteroatoms. The van der Waals surface area contributed by atoms with Crippen molar-refractivity contribution in [3.8, 4) is 0 Å². The lowest BCUT2D eigenvalue weighted by molar-refractivity contribution is -0.695. The Morgan fingerprint density at radius 2 is 1.06 bits per heavy atom.